The lowest BCUT2D eigenvalue weighted by molar-refractivity contribution is 0.415. The number of halogens is 1. The number of hydrogen-bond acceptors (Lipinski definition) is 1. The molecule has 1 atom stereocenters. The number of benzene rings is 2. The van der Waals surface area contributed by atoms with E-state index in [4.69, 9.17) is 4.74 Å². The molecule has 0 fully saturated rings. The van der Waals surface area contributed by atoms with Crippen LogP contribution in [0.4, 0.5) is 4.39 Å². The standard InChI is InChI=1S/C22H23FN2O/c1-4-15-13-25(22-9-16(23)5-7-18(15)22)12-14(2)20-11-24-21-10-17(26-3)6-8-19(20)21/h5-11,13-14,24H,4,12H2,1-3H3. The molecule has 0 amide bonds. The Labute approximate surface area is 152 Å². The lowest BCUT2D eigenvalue weighted by atomic mass is 10.0. The van der Waals surface area contributed by atoms with Gasteiger partial charge >= 0.3 is 0 Å². The van der Waals surface area contributed by atoms with Gasteiger partial charge in [0.25, 0.3) is 0 Å². The van der Waals surface area contributed by atoms with Crippen molar-refractivity contribution in [2.75, 3.05) is 7.11 Å². The zero-order chi connectivity index (χ0) is 18.3. The fourth-order valence-electron chi connectivity index (χ4n) is 3.83. The minimum absolute atomic E-state index is 0.189. The Morgan fingerprint density at radius 1 is 1.15 bits per heavy atom. The van der Waals surface area contributed by atoms with Crippen LogP contribution in [0.5, 0.6) is 5.75 Å². The van der Waals surface area contributed by atoms with Crippen LogP contribution >= 0.6 is 0 Å². The van der Waals surface area contributed by atoms with E-state index in [9.17, 15) is 4.39 Å². The maximum absolute atomic E-state index is 13.8. The summed E-state index contributed by atoms with van der Waals surface area (Å²) in [4.78, 5) is 3.34. The van der Waals surface area contributed by atoms with Gasteiger partial charge in [0.1, 0.15) is 11.6 Å². The number of aromatic amines is 1. The summed E-state index contributed by atoms with van der Waals surface area (Å²) in [6.07, 6.45) is 5.18. The molecule has 0 spiro atoms. The summed E-state index contributed by atoms with van der Waals surface area (Å²) in [5, 5.41) is 2.35. The van der Waals surface area contributed by atoms with E-state index in [2.05, 4.69) is 41.9 Å². The zero-order valence-electron chi connectivity index (χ0n) is 15.3. The van der Waals surface area contributed by atoms with Crippen molar-refractivity contribution >= 4 is 21.8 Å². The first-order chi connectivity index (χ1) is 12.6. The SMILES string of the molecule is CCc1cn(CC(C)c2c[nH]c3cc(OC)ccc23)c2cc(F)ccc12. The van der Waals surface area contributed by atoms with Crippen molar-refractivity contribution in [2.45, 2.75) is 32.7 Å². The summed E-state index contributed by atoms with van der Waals surface area (Å²) in [5.41, 5.74) is 4.56. The summed E-state index contributed by atoms with van der Waals surface area (Å²) in [6.45, 7) is 5.15. The van der Waals surface area contributed by atoms with Crippen molar-refractivity contribution in [3.8, 4) is 5.75 Å². The first-order valence-electron chi connectivity index (χ1n) is 9.03. The summed E-state index contributed by atoms with van der Waals surface area (Å²) >= 11 is 0. The Kier molecular flexibility index (Phi) is 4.19. The Morgan fingerprint density at radius 3 is 2.73 bits per heavy atom. The maximum atomic E-state index is 13.8. The zero-order valence-corrected chi connectivity index (χ0v) is 15.3. The summed E-state index contributed by atoms with van der Waals surface area (Å²) in [6, 6.07) is 11.2. The third-order valence-electron chi connectivity index (χ3n) is 5.23. The number of methoxy groups -OCH3 is 1. The van der Waals surface area contributed by atoms with E-state index in [1.165, 1.54) is 16.5 Å². The molecule has 2 aromatic carbocycles. The van der Waals surface area contributed by atoms with Gasteiger partial charge in [0.15, 0.2) is 0 Å². The van der Waals surface area contributed by atoms with Crippen molar-refractivity contribution in [1.82, 2.24) is 9.55 Å². The highest BCUT2D eigenvalue weighted by molar-refractivity contribution is 5.86. The molecule has 0 aliphatic carbocycles. The Morgan fingerprint density at radius 2 is 1.96 bits per heavy atom. The van der Waals surface area contributed by atoms with Gasteiger partial charge in [-0.2, -0.15) is 0 Å². The molecule has 1 N–H and O–H groups in total. The monoisotopic (exact) mass is 350 g/mol. The van der Waals surface area contributed by atoms with Crippen molar-refractivity contribution in [1.29, 1.82) is 0 Å². The van der Waals surface area contributed by atoms with Gasteiger partial charge in [-0.05, 0) is 47.9 Å². The van der Waals surface area contributed by atoms with Crippen LogP contribution in [0, 0.1) is 5.82 Å². The van der Waals surface area contributed by atoms with Gasteiger partial charge in [0.2, 0.25) is 0 Å². The Hall–Kier alpha value is -2.75. The van der Waals surface area contributed by atoms with Crippen LogP contribution in [0.15, 0.2) is 48.8 Å². The molecule has 2 aromatic heterocycles. The van der Waals surface area contributed by atoms with Gasteiger partial charge in [-0.25, -0.2) is 4.39 Å². The van der Waals surface area contributed by atoms with E-state index >= 15 is 0 Å². The van der Waals surface area contributed by atoms with E-state index in [-0.39, 0.29) is 5.82 Å². The van der Waals surface area contributed by atoms with Crippen LogP contribution in [0.25, 0.3) is 21.8 Å². The van der Waals surface area contributed by atoms with Gasteiger partial charge in [-0.1, -0.05) is 13.8 Å². The van der Waals surface area contributed by atoms with Crippen molar-refractivity contribution < 1.29 is 9.13 Å². The van der Waals surface area contributed by atoms with E-state index < -0.39 is 0 Å². The minimum atomic E-state index is -0.189. The highest BCUT2D eigenvalue weighted by atomic mass is 19.1. The molecule has 0 radical (unpaired) electrons. The van der Waals surface area contributed by atoms with Gasteiger partial charge in [-0.3, -0.25) is 0 Å². The third kappa shape index (κ3) is 2.75. The molecule has 0 bridgehead atoms. The van der Waals surface area contributed by atoms with E-state index in [0.717, 1.165) is 35.1 Å². The molecular weight excluding hydrogens is 327 g/mol. The second kappa shape index (κ2) is 6.52. The molecule has 0 aliphatic rings. The van der Waals surface area contributed by atoms with Crippen molar-refractivity contribution in [3.05, 3.63) is 65.7 Å². The first kappa shape index (κ1) is 16.7. The molecule has 134 valence electrons. The molecular formula is C22H23FN2O. The van der Waals surface area contributed by atoms with Crippen LogP contribution < -0.4 is 4.74 Å². The summed E-state index contributed by atoms with van der Waals surface area (Å²) in [7, 11) is 1.68. The fourth-order valence-corrected chi connectivity index (χ4v) is 3.83. The number of nitrogens with one attached hydrogen (secondary N) is 1. The second-order valence-electron chi connectivity index (χ2n) is 6.88. The predicted molar refractivity (Wildman–Crippen MR) is 105 cm³/mol. The molecule has 0 saturated carbocycles. The average molecular weight is 350 g/mol. The molecule has 3 nitrogen and oxygen atoms in total. The lowest BCUT2D eigenvalue weighted by Crippen LogP contribution is -2.05. The van der Waals surface area contributed by atoms with E-state index in [1.54, 1.807) is 19.2 Å². The van der Waals surface area contributed by atoms with Crippen LogP contribution in [0.1, 0.15) is 30.9 Å². The number of fused-ring (bicyclic) bond motifs is 2. The Balaban J connectivity index is 1.71. The highest BCUT2D eigenvalue weighted by Gasteiger charge is 2.15. The van der Waals surface area contributed by atoms with Crippen molar-refractivity contribution in [2.24, 2.45) is 0 Å². The number of aromatic nitrogens is 2. The quantitative estimate of drug-likeness (QED) is 0.496. The van der Waals surface area contributed by atoms with Crippen LogP contribution in [-0.2, 0) is 13.0 Å². The largest absolute Gasteiger partial charge is 0.497 e. The molecule has 0 aliphatic heterocycles. The molecule has 4 rings (SSSR count). The Bertz CT molecular complexity index is 1080. The number of ether oxygens (including phenoxy) is 1. The number of aryl methyl sites for hydroxylation is 1. The minimum Gasteiger partial charge on any atom is -0.497 e. The van der Waals surface area contributed by atoms with Crippen LogP contribution in [-0.4, -0.2) is 16.7 Å². The topological polar surface area (TPSA) is 29.9 Å². The molecule has 0 saturated heterocycles. The van der Waals surface area contributed by atoms with Crippen molar-refractivity contribution in [3.63, 3.8) is 0 Å². The number of rotatable bonds is 5. The molecule has 26 heavy (non-hydrogen) atoms. The highest BCUT2D eigenvalue weighted by Crippen LogP contribution is 2.31. The molecule has 4 aromatic rings. The molecule has 2 heterocycles. The fraction of sp³-hybridized carbons (Fsp3) is 0.273. The number of H-pyrrole nitrogens is 1. The van der Waals surface area contributed by atoms with E-state index in [1.807, 2.05) is 18.2 Å². The molecule has 4 heteroatoms. The van der Waals surface area contributed by atoms with Gasteiger partial charge in [0, 0.05) is 47.2 Å². The third-order valence-corrected chi connectivity index (χ3v) is 5.23. The van der Waals surface area contributed by atoms with Gasteiger partial charge < -0.3 is 14.3 Å². The molecule has 1 unspecified atom stereocenters. The smallest absolute Gasteiger partial charge is 0.125 e. The lowest BCUT2D eigenvalue weighted by Gasteiger charge is -2.13. The first-order valence-corrected chi connectivity index (χ1v) is 9.03. The van der Waals surface area contributed by atoms with Crippen LogP contribution in [0.2, 0.25) is 0 Å². The van der Waals surface area contributed by atoms with Gasteiger partial charge in [-0.15, -0.1) is 0 Å². The maximum Gasteiger partial charge on any atom is 0.125 e. The average Bonchev–Trinajstić information content (AvgIpc) is 3.22. The number of nitrogens with zero attached hydrogens (tertiary/aromatic N) is 1. The van der Waals surface area contributed by atoms with Crippen LogP contribution in [0.3, 0.4) is 0 Å². The summed E-state index contributed by atoms with van der Waals surface area (Å²) in [5.74, 6) is 0.949. The second-order valence-corrected chi connectivity index (χ2v) is 6.88. The predicted octanol–water partition coefficient (Wildman–Crippen LogP) is 5.64. The normalized spacial score (nSPS) is 12.8. The van der Waals surface area contributed by atoms with E-state index in [0.29, 0.717) is 5.92 Å². The summed E-state index contributed by atoms with van der Waals surface area (Å²) < 4.78 is 21.3. The number of hydrogen-bond donors (Lipinski definition) is 1. The van der Waals surface area contributed by atoms with Gasteiger partial charge in [0.05, 0.1) is 12.6 Å².